The number of H-pyrrole nitrogens is 1. The quantitative estimate of drug-likeness (QED) is 0.325. The van der Waals surface area contributed by atoms with Gasteiger partial charge in [-0.05, 0) is 67.9 Å². The van der Waals surface area contributed by atoms with E-state index >= 15 is 0 Å². The minimum atomic E-state index is -0.00381. The first-order chi connectivity index (χ1) is 19.4. The normalized spacial score (nSPS) is 16.2. The van der Waals surface area contributed by atoms with Gasteiger partial charge in [0.1, 0.15) is 17.9 Å². The number of likely N-dealkylation sites (N-methyl/N-ethyl adjacent to an activating group) is 1. The summed E-state index contributed by atoms with van der Waals surface area (Å²) in [6.45, 7) is 7.16. The van der Waals surface area contributed by atoms with E-state index in [1.165, 1.54) is 0 Å². The van der Waals surface area contributed by atoms with E-state index in [-0.39, 0.29) is 11.5 Å². The van der Waals surface area contributed by atoms with Crippen molar-refractivity contribution >= 4 is 27.7 Å². The van der Waals surface area contributed by atoms with Crippen molar-refractivity contribution in [2.24, 2.45) is 0 Å². The molecule has 1 N–H and O–H groups in total. The maximum atomic E-state index is 12.7. The number of nitrogens with one attached hydrogen (secondary N) is 1. The van der Waals surface area contributed by atoms with Crippen molar-refractivity contribution in [2.45, 2.75) is 26.4 Å². The summed E-state index contributed by atoms with van der Waals surface area (Å²) in [4.78, 5) is 36.6. The monoisotopic (exact) mass is 535 g/mol. The zero-order valence-corrected chi connectivity index (χ0v) is 23.1. The third-order valence-electron chi connectivity index (χ3n) is 7.86. The summed E-state index contributed by atoms with van der Waals surface area (Å²) in [7, 11) is 1.85. The highest BCUT2D eigenvalue weighted by Gasteiger charge is 2.26. The average molecular weight is 536 g/mol. The molecule has 1 saturated heterocycles. The Hall–Kier alpha value is -4.43. The number of fused-ring (bicyclic) bond motifs is 2. The molecule has 1 atom stereocenters. The molecule has 2 aromatic carbocycles. The third-order valence-corrected chi connectivity index (χ3v) is 7.86. The second-order valence-corrected chi connectivity index (χ2v) is 10.5. The Kier molecular flexibility index (Phi) is 6.86. The van der Waals surface area contributed by atoms with E-state index in [4.69, 9.17) is 9.72 Å². The lowest BCUT2D eigenvalue weighted by atomic mass is 10.0. The molecule has 0 bridgehead atoms. The number of carbonyl (C=O) groups is 1. The Morgan fingerprint density at radius 1 is 1.02 bits per heavy atom. The minimum Gasteiger partial charge on any atom is -0.492 e. The molecule has 0 spiro atoms. The first-order valence-corrected chi connectivity index (χ1v) is 13.7. The van der Waals surface area contributed by atoms with Crippen molar-refractivity contribution in [1.82, 2.24) is 24.3 Å². The number of hydrogen-bond acceptors (Lipinski definition) is 5. The molecule has 1 aliphatic heterocycles. The number of benzene rings is 2. The van der Waals surface area contributed by atoms with Crippen LogP contribution in [0.2, 0.25) is 0 Å². The van der Waals surface area contributed by atoms with Crippen LogP contribution in [0.4, 0.5) is 0 Å². The van der Waals surface area contributed by atoms with Crippen LogP contribution in [0.25, 0.3) is 44.2 Å². The second kappa shape index (κ2) is 10.6. The number of nitrogens with zero attached hydrogens (tertiary/aromatic N) is 4. The highest BCUT2D eigenvalue weighted by atomic mass is 16.5. The fraction of sp³-hybridized carbons (Fsp3) is 0.281. The summed E-state index contributed by atoms with van der Waals surface area (Å²) >= 11 is 0. The molecule has 3 aromatic heterocycles. The van der Waals surface area contributed by atoms with Gasteiger partial charge in [0, 0.05) is 67.0 Å². The van der Waals surface area contributed by atoms with Crippen LogP contribution >= 0.6 is 0 Å². The fourth-order valence-electron chi connectivity index (χ4n) is 5.48. The molecule has 0 unspecified atom stereocenters. The molecule has 0 radical (unpaired) electrons. The predicted octanol–water partition coefficient (Wildman–Crippen LogP) is 4.77. The van der Waals surface area contributed by atoms with Gasteiger partial charge in [-0.15, -0.1) is 0 Å². The van der Waals surface area contributed by atoms with Crippen molar-refractivity contribution in [1.29, 1.82) is 0 Å². The smallest absolute Gasteiger partial charge is 0.274 e. The third kappa shape index (κ3) is 4.86. The van der Waals surface area contributed by atoms with E-state index in [2.05, 4.69) is 35.0 Å². The average Bonchev–Trinajstić information content (AvgIpc) is 3.47. The minimum absolute atomic E-state index is 0.00381. The Morgan fingerprint density at radius 2 is 1.82 bits per heavy atom. The highest BCUT2D eigenvalue weighted by molar-refractivity contribution is 5.97. The maximum Gasteiger partial charge on any atom is 0.274 e. The summed E-state index contributed by atoms with van der Waals surface area (Å²) in [5.41, 5.74) is 5.51. The Morgan fingerprint density at radius 3 is 2.62 bits per heavy atom. The van der Waals surface area contributed by atoms with Crippen molar-refractivity contribution in [2.75, 3.05) is 33.3 Å². The van der Waals surface area contributed by atoms with Crippen LogP contribution in [0.1, 0.15) is 13.8 Å². The molecule has 8 heteroatoms. The lowest BCUT2D eigenvalue weighted by molar-refractivity contribution is -0.136. The highest BCUT2D eigenvalue weighted by Crippen LogP contribution is 2.30. The van der Waals surface area contributed by atoms with Crippen molar-refractivity contribution in [3.8, 4) is 28.1 Å². The van der Waals surface area contributed by atoms with E-state index in [1.807, 2.05) is 68.8 Å². The number of rotatable bonds is 7. The molecule has 8 nitrogen and oxygen atoms in total. The van der Waals surface area contributed by atoms with E-state index in [0.29, 0.717) is 37.8 Å². The Labute approximate surface area is 232 Å². The molecule has 40 heavy (non-hydrogen) atoms. The lowest BCUT2D eigenvalue weighted by Crippen LogP contribution is -2.54. The largest absolute Gasteiger partial charge is 0.492 e. The van der Waals surface area contributed by atoms with Crippen LogP contribution in [-0.2, 0) is 11.3 Å². The summed E-state index contributed by atoms with van der Waals surface area (Å²) < 4.78 is 7.71. The number of aromatic amines is 1. The van der Waals surface area contributed by atoms with E-state index < -0.39 is 0 Å². The van der Waals surface area contributed by atoms with Gasteiger partial charge in [0.05, 0.1) is 17.8 Å². The second-order valence-electron chi connectivity index (χ2n) is 10.5. The van der Waals surface area contributed by atoms with Crippen LogP contribution in [0.5, 0.6) is 5.75 Å². The fourth-order valence-corrected chi connectivity index (χ4v) is 5.48. The first kappa shape index (κ1) is 25.8. The number of hydrogen-bond donors (Lipinski definition) is 1. The molecule has 1 aliphatic rings. The maximum absolute atomic E-state index is 12.7. The first-order valence-electron chi connectivity index (χ1n) is 13.7. The number of pyridine rings is 2. The van der Waals surface area contributed by atoms with Gasteiger partial charge in [0.15, 0.2) is 0 Å². The van der Waals surface area contributed by atoms with Gasteiger partial charge in [-0.1, -0.05) is 12.1 Å². The topological polar surface area (TPSA) is 83.5 Å². The Balaban J connectivity index is 1.17. The Bertz CT molecular complexity index is 1750. The summed E-state index contributed by atoms with van der Waals surface area (Å²) in [6.07, 6.45) is 3.76. The van der Waals surface area contributed by atoms with Gasteiger partial charge in [-0.3, -0.25) is 14.5 Å². The van der Waals surface area contributed by atoms with Gasteiger partial charge in [-0.2, -0.15) is 0 Å². The number of aryl methyl sites for hydroxylation is 1. The van der Waals surface area contributed by atoms with Crippen LogP contribution in [0.15, 0.2) is 77.9 Å². The molecule has 0 saturated carbocycles. The van der Waals surface area contributed by atoms with Crippen molar-refractivity contribution in [3.63, 3.8) is 0 Å². The SMILES string of the molecule is CCn1cc(-c2ccc3nc(-c4ccc(OCCN5CC(=O)N(C)C[C@H]5C)cc4)ccc3c2)c2cc[nH]c2c1=O. The van der Waals surface area contributed by atoms with E-state index in [1.54, 1.807) is 9.47 Å². The van der Waals surface area contributed by atoms with E-state index in [0.717, 1.165) is 51.0 Å². The molecule has 6 rings (SSSR count). The van der Waals surface area contributed by atoms with Gasteiger partial charge < -0.3 is 19.2 Å². The molecule has 0 aliphatic carbocycles. The number of carbonyl (C=O) groups excluding carboxylic acids is 1. The molecular formula is C32H33N5O3. The van der Waals surface area contributed by atoms with Gasteiger partial charge in [0.25, 0.3) is 5.56 Å². The van der Waals surface area contributed by atoms with Crippen molar-refractivity contribution < 1.29 is 9.53 Å². The number of aromatic nitrogens is 3. The standard InChI is InChI=1S/C32H33N5O3/c1-4-36-19-27(26-13-14-33-31(26)32(36)39)23-7-11-29-24(17-23)8-12-28(34-29)22-5-9-25(10-6-22)40-16-15-37-20-30(38)35(3)18-21(37)2/h5-14,17,19,21,33H,4,15-16,18,20H2,1-3H3/t21-/m1/s1. The van der Waals surface area contributed by atoms with Crippen molar-refractivity contribution in [3.05, 3.63) is 83.4 Å². The number of ether oxygens (including phenoxy) is 1. The van der Waals surface area contributed by atoms with Gasteiger partial charge in [-0.25, -0.2) is 4.98 Å². The molecule has 4 heterocycles. The number of amides is 1. The van der Waals surface area contributed by atoms with Crippen LogP contribution in [0, 0.1) is 0 Å². The molecule has 1 fully saturated rings. The van der Waals surface area contributed by atoms with E-state index in [9.17, 15) is 9.59 Å². The summed E-state index contributed by atoms with van der Waals surface area (Å²) in [5.74, 6) is 0.953. The molecular weight excluding hydrogens is 502 g/mol. The predicted molar refractivity (Wildman–Crippen MR) is 159 cm³/mol. The van der Waals surface area contributed by atoms with Crippen LogP contribution in [0.3, 0.4) is 0 Å². The van der Waals surface area contributed by atoms with Crippen LogP contribution < -0.4 is 10.3 Å². The van der Waals surface area contributed by atoms with Gasteiger partial charge >= 0.3 is 0 Å². The lowest BCUT2D eigenvalue weighted by Gasteiger charge is -2.37. The van der Waals surface area contributed by atoms with Gasteiger partial charge in [0.2, 0.25) is 5.91 Å². The summed E-state index contributed by atoms with van der Waals surface area (Å²) in [6, 6.07) is 20.6. The zero-order valence-electron chi connectivity index (χ0n) is 23.1. The van der Waals surface area contributed by atoms with Crippen LogP contribution in [-0.4, -0.2) is 69.6 Å². The molecule has 5 aromatic rings. The summed E-state index contributed by atoms with van der Waals surface area (Å²) in [5, 5.41) is 1.96. The molecule has 1 amide bonds. The zero-order chi connectivity index (χ0) is 27.8. The molecule has 204 valence electrons. The number of piperazine rings is 1.